The summed E-state index contributed by atoms with van der Waals surface area (Å²) >= 11 is 0. The Bertz CT molecular complexity index is 573. The third-order valence-corrected chi connectivity index (χ3v) is 3.34. The highest BCUT2D eigenvalue weighted by molar-refractivity contribution is 5.25. The summed E-state index contributed by atoms with van der Waals surface area (Å²) < 4.78 is 39.1. The summed E-state index contributed by atoms with van der Waals surface area (Å²) in [6.07, 6.45) is 1.59. The van der Waals surface area contributed by atoms with E-state index in [1.54, 1.807) is 10.9 Å². The Balaban J connectivity index is 1.86. The van der Waals surface area contributed by atoms with Crippen LogP contribution in [0.25, 0.3) is 0 Å². The minimum Gasteiger partial charge on any atom is -0.327 e. The molecule has 1 unspecified atom stereocenters. The Morgan fingerprint density at radius 3 is 2.38 bits per heavy atom. The van der Waals surface area contributed by atoms with E-state index in [4.69, 9.17) is 5.73 Å². The van der Waals surface area contributed by atoms with Gasteiger partial charge in [-0.05, 0) is 42.5 Å². The second-order valence-electron chi connectivity index (χ2n) is 5.22. The third-order valence-electron chi connectivity index (χ3n) is 3.34. The van der Waals surface area contributed by atoms with E-state index in [9.17, 15) is 13.2 Å². The second-order valence-corrected chi connectivity index (χ2v) is 5.22. The van der Waals surface area contributed by atoms with Gasteiger partial charge in [0.05, 0.1) is 11.8 Å². The molecule has 2 aromatic rings. The Morgan fingerprint density at radius 1 is 1.19 bits per heavy atom. The van der Waals surface area contributed by atoms with Crippen LogP contribution in [0, 0.1) is 0 Å². The summed E-state index contributed by atoms with van der Waals surface area (Å²) in [5.41, 5.74) is 7.34. The van der Waals surface area contributed by atoms with Crippen LogP contribution in [-0.2, 0) is 26.1 Å². The predicted molar refractivity (Wildman–Crippen MR) is 74.7 cm³/mol. The summed E-state index contributed by atoms with van der Waals surface area (Å²) in [4.78, 5) is 0. The van der Waals surface area contributed by atoms with Crippen LogP contribution in [-0.4, -0.2) is 15.8 Å². The lowest BCUT2D eigenvalue weighted by molar-refractivity contribution is -0.137. The van der Waals surface area contributed by atoms with Crippen molar-refractivity contribution in [2.75, 3.05) is 0 Å². The Kier molecular flexibility index (Phi) is 4.67. The molecule has 0 aliphatic carbocycles. The minimum absolute atomic E-state index is 0.0815. The standard InChI is InChI=1S/C15H18F3N3/c1-21-10-12(9-20-21)4-7-14(19)8-11-2-5-13(6-3-11)15(16,17)18/h2-3,5-6,9-10,14H,4,7-8,19H2,1H3. The summed E-state index contributed by atoms with van der Waals surface area (Å²) in [6.45, 7) is 0. The average Bonchev–Trinajstić information content (AvgIpc) is 2.82. The zero-order valence-electron chi connectivity index (χ0n) is 11.8. The lowest BCUT2D eigenvalue weighted by Crippen LogP contribution is -2.23. The largest absolute Gasteiger partial charge is 0.416 e. The van der Waals surface area contributed by atoms with Crippen molar-refractivity contribution in [1.29, 1.82) is 0 Å². The number of hydrogen-bond acceptors (Lipinski definition) is 2. The average molecular weight is 297 g/mol. The molecule has 0 spiro atoms. The van der Waals surface area contributed by atoms with E-state index < -0.39 is 11.7 Å². The van der Waals surface area contributed by atoms with Gasteiger partial charge in [-0.3, -0.25) is 4.68 Å². The number of nitrogens with two attached hydrogens (primary N) is 1. The molecule has 1 atom stereocenters. The monoisotopic (exact) mass is 297 g/mol. The van der Waals surface area contributed by atoms with E-state index in [1.807, 2.05) is 13.2 Å². The summed E-state index contributed by atoms with van der Waals surface area (Å²) in [7, 11) is 1.85. The topological polar surface area (TPSA) is 43.8 Å². The van der Waals surface area contributed by atoms with E-state index in [1.165, 1.54) is 12.1 Å². The lowest BCUT2D eigenvalue weighted by atomic mass is 10.00. The summed E-state index contributed by atoms with van der Waals surface area (Å²) in [5, 5.41) is 4.08. The molecular weight excluding hydrogens is 279 g/mol. The van der Waals surface area contributed by atoms with Crippen molar-refractivity contribution >= 4 is 0 Å². The van der Waals surface area contributed by atoms with Crippen molar-refractivity contribution in [3.8, 4) is 0 Å². The molecule has 0 saturated heterocycles. The Hall–Kier alpha value is -1.82. The molecule has 3 nitrogen and oxygen atoms in total. The van der Waals surface area contributed by atoms with Crippen LogP contribution >= 0.6 is 0 Å². The second kappa shape index (κ2) is 6.30. The molecule has 0 fully saturated rings. The normalized spacial score (nSPS) is 13.4. The van der Waals surface area contributed by atoms with Crippen molar-refractivity contribution in [3.05, 3.63) is 53.3 Å². The number of aryl methyl sites for hydroxylation is 2. The van der Waals surface area contributed by atoms with Crippen LogP contribution in [0.15, 0.2) is 36.7 Å². The predicted octanol–water partition coefficient (Wildman–Crippen LogP) is 2.94. The van der Waals surface area contributed by atoms with Gasteiger partial charge in [-0.2, -0.15) is 18.3 Å². The van der Waals surface area contributed by atoms with E-state index in [0.717, 1.165) is 36.1 Å². The van der Waals surface area contributed by atoms with Crippen molar-refractivity contribution in [2.24, 2.45) is 12.8 Å². The third kappa shape index (κ3) is 4.60. The summed E-state index contributed by atoms with van der Waals surface area (Å²) in [5.74, 6) is 0. The molecule has 6 heteroatoms. The fourth-order valence-corrected chi connectivity index (χ4v) is 2.19. The molecule has 0 saturated carbocycles. The molecule has 21 heavy (non-hydrogen) atoms. The molecule has 0 amide bonds. The number of benzene rings is 1. The Morgan fingerprint density at radius 2 is 1.86 bits per heavy atom. The quantitative estimate of drug-likeness (QED) is 0.922. The van der Waals surface area contributed by atoms with Gasteiger partial charge in [-0.15, -0.1) is 0 Å². The fraction of sp³-hybridized carbons (Fsp3) is 0.400. The first-order chi connectivity index (χ1) is 9.84. The van der Waals surface area contributed by atoms with Gasteiger partial charge < -0.3 is 5.73 Å². The van der Waals surface area contributed by atoms with Crippen molar-refractivity contribution in [3.63, 3.8) is 0 Å². The number of aromatic nitrogens is 2. The van der Waals surface area contributed by atoms with Crippen LogP contribution in [0.3, 0.4) is 0 Å². The van der Waals surface area contributed by atoms with Crippen LogP contribution in [0.5, 0.6) is 0 Å². The molecule has 0 radical (unpaired) electrons. The van der Waals surface area contributed by atoms with Gasteiger partial charge in [0, 0.05) is 19.3 Å². The zero-order valence-corrected chi connectivity index (χ0v) is 11.8. The first-order valence-electron chi connectivity index (χ1n) is 6.74. The van der Waals surface area contributed by atoms with E-state index >= 15 is 0 Å². The number of halogens is 3. The molecule has 0 aliphatic heterocycles. The van der Waals surface area contributed by atoms with Gasteiger partial charge in [0.2, 0.25) is 0 Å². The smallest absolute Gasteiger partial charge is 0.327 e. The SMILES string of the molecule is Cn1cc(CCC(N)Cc2ccc(C(F)(F)F)cc2)cn1. The molecule has 0 aliphatic rings. The van der Waals surface area contributed by atoms with Crippen LogP contribution < -0.4 is 5.73 Å². The zero-order chi connectivity index (χ0) is 15.5. The maximum absolute atomic E-state index is 12.5. The lowest BCUT2D eigenvalue weighted by Gasteiger charge is -2.12. The highest BCUT2D eigenvalue weighted by atomic mass is 19.4. The van der Waals surface area contributed by atoms with Gasteiger partial charge >= 0.3 is 6.18 Å². The van der Waals surface area contributed by atoms with E-state index in [0.29, 0.717) is 6.42 Å². The molecule has 1 heterocycles. The number of hydrogen-bond donors (Lipinski definition) is 1. The van der Waals surface area contributed by atoms with Gasteiger partial charge in [-0.25, -0.2) is 0 Å². The van der Waals surface area contributed by atoms with Crippen LogP contribution in [0.1, 0.15) is 23.1 Å². The van der Waals surface area contributed by atoms with Gasteiger partial charge in [-0.1, -0.05) is 12.1 Å². The number of nitrogens with zero attached hydrogens (tertiary/aromatic N) is 2. The van der Waals surface area contributed by atoms with Crippen molar-refractivity contribution in [1.82, 2.24) is 9.78 Å². The van der Waals surface area contributed by atoms with Crippen LogP contribution in [0.4, 0.5) is 13.2 Å². The first-order valence-corrected chi connectivity index (χ1v) is 6.74. The molecule has 0 bridgehead atoms. The van der Waals surface area contributed by atoms with Crippen molar-refractivity contribution < 1.29 is 13.2 Å². The Labute approximate surface area is 121 Å². The number of alkyl halides is 3. The fourth-order valence-electron chi connectivity index (χ4n) is 2.19. The molecular formula is C15H18F3N3. The molecule has 2 N–H and O–H groups in total. The summed E-state index contributed by atoms with van der Waals surface area (Å²) in [6, 6.07) is 5.10. The van der Waals surface area contributed by atoms with Gasteiger partial charge in [0.25, 0.3) is 0 Å². The highest BCUT2D eigenvalue weighted by Gasteiger charge is 2.29. The first kappa shape index (κ1) is 15.6. The van der Waals surface area contributed by atoms with E-state index in [2.05, 4.69) is 5.10 Å². The molecule has 1 aromatic carbocycles. The van der Waals surface area contributed by atoms with Crippen LogP contribution in [0.2, 0.25) is 0 Å². The highest BCUT2D eigenvalue weighted by Crippen LogP contribution is 2.29. The maximum Gasteiger partial charge on any atom is 0.416 e. The maximum atomic E-state index is 12.5. The number of rotatable bonds is 5. The van der Waals surface area contributed by atoms with E-state index in [-0.39, 0.29) is 6.04 Å². The van der Waals surface area contributed by atoms with Crippen molar-refractivity contribution in [2.45, 2.75) is 31.5 Å². The molecule has 1 aromatic heterocycles. The molecule has 2 rings (SSSR count). The van der Waals surface area contributed by atoms with Gasteiger partial charge in [0.15, 0.2) is 0 Å². The molecule has 114 valence electrons. The minimum atomic E-state index is -4.29. The van der Waals surface area contributed by atoms with Gasteiger partial charge in [0.1, 0.15) is 0 Å².